The Bertz CT molecular complexity index is 1120. The lowest BCUT2D eigenvalue weighted by atomic mass is 9.86. The third-order valence-electron chi connectivity index (χ3n) is 8.51. The molecule has 2 aromatic rings. The van der Waals surface area contributed by atoms with Gasteiger partial charge in [-0.15, -0.1) is 10.2 Å². The van der Waals surface area contributed by atoms with Gasteiger partial charge in [0.05, 0.1) is 13.0 Å². The molecule has 2 saturated carbocycles. The summed E-state index contributed by atoms with van der Waals surface area (Å²) in [5.41, 5.74) is 2.05. The van der Waals surface area contributed by atoms with Gasteiger partial charge in [0, 0.05) is 38.0 Å². The van der Waals surface area contributed by atoms with Crippen molar-refractivity contribution in [2.45, 2.75) is 96.7 Å². The van der Waals surface area contributed by atoms with Gasteiger partial charge in [0.1, 0.15) is 17.6 Å². The topological polar surface area (TPSA) is 89.3 Å². The van der Waals surface area contributed by atoms with Crippen LogP contribution in [0.1, 0.15) is 99.6 Å². The number of methoxy groups -OCH3 is 1. The molecule has 8 nitrogen and oxygen atoms in total. The second-order valence-electron chi connectivity index (χ2n) is 11.2. The summed E-state index contributed by atoms with van der Waals surface area (Å²) < 4.78 is 7.81. The van der Waals surface area contributed by atoms with Gasteiger partial charge in [0.2, 0.25) is 11.8 Å². The van der Waals surface area contributed by atoms with E-state index < -0.39 is 0 Å². The number of amides is 2. The Morgan fingerprint density at radius 1 is 1.08 bits per heavy atom. The van der Waals surface area contributed by atoms with Gasteiger partial charge in [-0.25, -0.2) is 0 Å². The number of aryl methyl sites for hydroxylation is 2. The fourth-order valence-electron chi connectivity index (χ4n) is 6.30. The molecular weight excluding hydrogens is 466 g/mol. The fourth-order valence-corrected chi connectivity index (χ4v) is 6.30. The van der Waals surface area contributed by atoms with Crippen LogP contribution in [0.5, 0.6) is 5.75 Å². The highest BCUT2D eigenvalue weighted by atomic mass is 16.5. The Kier molecular flexibility index (Phi) is 7.81. The summed E-state index contributed by atoms with van der Waals surface area (Å²) in [4.78, 5) is 28.0. The van der Waals surface area contributed by atoms with Gasteiger partial charge >= 0.3 is 0 Å². The average Bonchev–Trinajstić information content (AvgIpc) is 3.50. The highest BCUT2D eigenvalue weighted by molar-refractivity contribution is 5.82. The van der Waals surface area contributed by atoms with Crippen LogP contribution in [-0.4, -0.2) is 45.1 Å². The molecular formula is C29H41N5O3. The Hall–Kier alpha value is -2.90. The first-order valence-corrected chi connectivity index (χ1v) is 14.1. The minimum atomic E-state index is -0.381. The van der Waals surface area contributed by atoms with Gasteiger partial charge in [-0.2, -0.15) is 0 Å². The highest BCUT2D eigenvalue weighted by Crippen LogP contribution is 2.43. The van der Waals surface area contributed by atoms with Crippen LogP contribution in [0.4, 0.5) is 0 Å². The summed E-state index contributed by atoms with van der Waals surface area (Å²) in [6, 6.07) is 6.00. The molecule has 2 heterocycles. The second-order valence-corrected chi connectivity index (χ2v) is 11.2. The molecule has 1 aromatic heterocycles. The lowest BCUT2D eigenvalue weighted by Gasteiger charge is -2.27. The lowest BCUT2D eigenvalue weighted by Crippen LogP contribution is -2.38. The zero-order valence-electron chi connectivity index (χ0n) is 22.5. The van der Waals surface area contributed by atoms with E-state index in [9.17, 15) is 9.59 Å². The van der Waals surface area contributed by atoms with Crippen LogP contribution in [0.25, 0.3) is 0 Å². The van der Waals surface area contributed by atoms with E-state index in [2.05, 4.69) is 20.1 Å². The third-order valence-corrected chi connectivity index (χ3v) is 8.51. The van der Waals surface area contributed by atoms with Gasteiger partial charge in [0.25, 0.3) is 0 Å². The number of nitrogens with zero attached hydrogens (tertiary/aromatic N) is 4. The molecule has 3 aliphatic rings. The maximum absolute atomic E-state index is 13.5. The summed E-state index contributed by atoms with van der Waals surface area (Å²) in [5, 5.41) is 12.4. The van der Waals surface area contributed by atoms with Gasteiger partial charge in [-0.3, -0.25) is 9.59 Å². The van der Waals surface area contributed by atoms with Gasteiger partial charge < -0.3 is 19.5 Å². The smallest absolute Gasteiger partial charge is 0.226 e. The molecule has 2 aliphatic carbocycles. The summed E-state index contributed by atoms with van der Waals surface area (Å²) in [6.45, 7) is 4.55. The number of carbonyl (C=O) groups is 2. The predicted molar refractivity (Wildman–Crippen MR) is 141 cm³/mol. The number of hydrogen-bond donors (Lipinski definition) is 1. The van der Waals surface area contributed by atoms with Crippen molar-refractivity contribution in [3.63, 3.8) is 0 Å². The van der Waals surface area contributed by atoms with E-state index >= 15 is 0 Å². The van der Waals surface area contributed by atoms with E-state index in [1.165, 1.54) is 32.1 Å². The first-order valence-electron chi connectivity index (χ1n) is 14.1. The molecule has 0 bridgehead atoms. The number of nitrogens with one attached hydrogen (secondary N) is 1. The van der Waals surface area contributed by atoms with Crippen LogP contribution in [0.2, 0.25) is 0 Å². The minimum absolute atomic E-state index is 0.0189. The number of carbonyl (C=O) groups excluding carboxylic acids is 2. The number of aromatic nitrogens is 3. The molecule has 2 atom stereocenters. The Balaban J connectivity index is 1.35. The summed E-state index contributed by atoms with van der Waals surface area (Å²) in [7, 11) is 1.65. The van der Waals surface area contributed by atoms with E-state index in [0.717, 1.165) is 60.1 Å². The molecule has 3 fully saturated rings. The lowest BCUT2D eigenvalue weighted by molar-refractivity contribution is -0.132. The van der Waals surface area contributed by atoms with Crippen LogP contribution in [0, 0.1) is 18.8 Å². The number of ether oxygens (including phenoxy) is 1. The van der Waals surface area contributed by atoms with Crippen molar-refractivity contribution in [1.82, 2.24) is 25.0 Å². The van der Waals surface area contributed by atoms with Crippen molar-refractivity contribution in [2.24, 2.45) is 11.8 Å². The molecule has 1 saturated heterocycles. The second kappa shape index (κ2) is 11.2. The van der Waals surface area contributed by atoms with Gasteiger partial charge in [-0.1, -0.05) is 44.2 Å². The van der Waals surface area contributed by atoms with Crippen molar-refractivity contribution in [3.05, 3.63) is 41.0 Å². The van der Waals surface area contributed by atoms with Crippen LogP contribution in [0.15, 0.2) is 18.2 Å². The number of benzene rings is 1. The summed E-state index contributed by atoms with van der Waals surface area (Å²) >= 11 is 0. The minimum Gasteiger partial charge on any atom is -0.496 e. The van der Waals surface area contributed by atoms with E-state index in [1.807, 2.05) is 30.0 Å². The molecule has 1 aliphatic heterocycles. The molecule has 0 radical (unpaired) electrons. The molecule has 2 amide bonds. The number of hydrogen-bond acceptors (Lipinski definition) is 5. The van der Waals surface area contributed by atoms with Gasteiger partial charge in [-0.05, 0) is 50.2 Å². The SMILES string of the molecule is COc1cc(C)ccc1CNC(=O)[C@H]1CCN(C(C)=O)[C@@H]1c1nnc(CCC2CCCCC2)n1C1CC1. The normalized spacial score (nSPS) is 22.3. The summed E-state index contributed by atoms with van der Waals surface area (Å²) in [6.07, 6.45) is 11.6. The van der Waals surface area contributed by atoms with Crippen molar-refractivity contribution in [3.8, 4) is 5.75 Å². The van der Waals surface area contributed by atoms with Crippen molar-refractivity contribution in [2.75, 3.05) is 13.7 Å². The molecule has 0 unspecified atom stereocenters. The molecule has 1 aromatic carbocycles. The summed E-state index contributed by atoms with van der Waals surface area (Å²) in [5.74, 6) is 2.95. The maximum Gasteiger partial charge on any atom is 0.226 e. The zero-order valence-corrected chi connectivity index (χ0v) is 22.5. The molecule has 1 N–H and O–H groups in total. The molecule has 5 rings (SSSR count). The van der Waals surface area contributed by atoms with Crippen molar-refractivity contribution < 1.29 is 14.3 Å². The standard InChI is InChI=1S/C29H41N5O3/c1-19-9-11-22(25(17-19)37-3)18-30-29(36)24-15-16-33(20(2)35)27(24)28-32-31-26(34(28)23-12-13-23)14-10-21-7-5-4-6-8-21/h9,11,17,21,23-24,27H,4-8,10,12-16,18H2,1-3H3,(H,30,36)/t24-,27-/m0/s1. The molecule has 37 heavy (non-hydrogen) atoms. The number of likely N-dealkylation sites (tertiary alicyclic amines) is 1. The maximum atomic E-state index is 13.5. The van der Waals surface area contributed by atoms with Crippen molar-refractivity contribution >= 4 is 11.8 Å². The van der Waals surface area contributed by atoms with Gasteiger partial charge in [0.15, 0.2) is 5.82 Å². The van der Waals surface area contributed by atoms with E-state index in [1.54, 1.807) is 14.0 Å². The average molecular weight is 508 g/mol. The molecule has 8 heteroatoms. The monoisotopic (exact) mass is 507 g/mol. The molecule has 0 spiro atoms. The van der Waals surface area contributed by atoms with E-state index in [-0.39, 0.29) is 23.8 Å². The number of rotatable bonds is 9. The first-order chi connectivity index (χ1) is 18.0. The third kappa shape index (κ3) is 5.68. The predicted octanol–water partition coefficient (Wildman–Crippen LogP) is 4.67. The van der Waals surface area contributed by atoms with Crippen molar-refractivity contribution in [1.29, 1.82) is 0 Å². The fraction of sp³-hybridized carbons (Fsp3) is 0.655. The zero-order chi connectivity index (χ0) is 25.9. The van der Waals surface area contributed by atoms with Crippen LogP contribution >= 0.6 is 0 Å². The largest absolute Gasteiger partial charge is 0.496 e. The van der Waals surface area contributed by atoms with Crippen LogP contribution in [0.3, 0.4) is 0 Å². The van der Waals surface area contributed by atoms with Crippen LogP contribution in [-0.2, 0) is 22.6 Å². The Morgan fingerprint density at radius 3 is 2.57 bits per heavy atom. The Labute approximate surface area is 220 Å². The highest BCUT2D eigenvalue weighted by Gasteiger charge is 2.45. The Morgan fingerprint density at radius 2 is 1.86 bits per heavy atom. The van der Waals surface area contributed by atoms with Crippen LogP contribution < -0.4 is 10.1 Å². The molecule has 200 valence electrons. The van der Waals surface area contributed by atoms with E-state index in [0.29, 0.717) is 25.6 Å². The van der Waals surface area contributed by atoms with E-state index in [4.69, 9.17) is 4.74 Å². The quantitative estimate of drug-likeness (QED) is 0.533. The first kappa shape index (κ1) is 25.7.